The van der Waals surface area contributed by atoms with Gasteiger partial charge in [-0.2, -0.15) is 5.06 Å². The number of carbonyl (C=O) groups excluding carboxylic acids is 1. The first-order chi connectivity index (χ1) is 6.92. The van der Waals surface area contributed by atoms with Gasteiger partial charge in [-0.3, -0.25) is 9.63 Å². The zero-order valence-corrected chi connectivity index (χ0v) is 9.10. The third-order valence-electron chi connectivity index (χ3n) is 1.57. The second-order valence-electron chi connectivity index (χ2n) is 4.15. The molecule has 4 heteroatoms. The minimum Gasteiger partial charge on any atom is -0.508 e. The van der Waals surface area contributed by atoms with E-state index in [2.05, 4.69) is 0 Å². The highest BCUT2D eigenvalue weighted by Crippen LogP contribution is 2.20. The number of hydrogen-bond donors (Lipinski definition) is 1. The van der Waals surface area contributed by atoms with Gasteiger partial charge >= 0.3 is 0 Å². The summed E-state index contributed by atoms with van der Waals surface area (Å²) in [4.78, 5) is 16.2. The smallest absolute Gasteiger partial charge is 0.238 e. The second-order valence-corrected chi connectivity index (χ2v) is 4.15. The lowest BCUT2D eigenvalue weighted by Crippen LogP contribution is -2.32. The van der Waals surface area contributed by atoms with Crippen LogP contribution in [0.2, 0.25) is 0 Å². The molecule has 0 aliphatic rings. The molecular formula is C11H15NO3. The second kappa shape index (κ2) is 4.31. The summed E-state index contributed by atoms with van der Waals surface area (Å²) in [6, 6.07) is 6.21. The Labute approximate surface area is 89.0 Å². The third-order valence-corrected chi connectivity index (χ3v) is 1.57. The number of amides is 1. The van der Waals surface area contributed by atoms with E-state index >= 15 is 0 Å². The predicted molar refractivity (Wildman–Crippen MR) is 57.5 cm³/mol. The van der Waals surface area contributed by atoms with Crippen LogP contribution >= 0.6 is 0 Å². The molecule has 0 unspecified atom stereocenters. The molecule has 0 saturated carbocycles. The predicted octanol–water partition coefficient (Wildman–Crippen LogP) is 2.09. The van der Waals surface area contributed by atoms with Crippen LogP contribution in [0.3, 0.4) is 0 Å². The molecule has 0 aliphatic heterocycles. The summed E-state index contributed by atoms with van der Waals surface area (Å²) in [5.74, 6) is 0.153. The molecule has 0 aliphatic carbocycles. The van der Waals surface area contributed by atoms with Crippen LogP contribution < -0.4 is 5.06 Å². The van der Waals surface area contributed by atoms with Crippen molar-refractivity contribution in [1.29, 1.82) is 0 Å². The molecule has 0 atom stereocenters. The zero-order chi connectivity index (χ0) is 11.5. The van der Waals surface area contributed by atoms with Crippen LogP contribution in [0.25, 0.3) is 0 Å². The molecule has 0 bridgehead atoms. The average molecular weight is 209 g/mol. The molecule has 15 heavy (non-hydrogen) atoms. The van der Waals surface area contributed by atoms with Crippen LogP contribution in [0.15, 0.2) is 24.3 Å². The van der Waals surface area contributed by atoms with Gasteiger partial charge < -0.3 is 5.11 Å². The SMILES string of the molecule is CC(C)(C)ON(C=O)c1ccc(O)cc1. The van der Waals surface area contributed by atoms with Crippen molar-refractivity contribution in [3.63, 3.8) is 0 Å². The van der Waals surface area contributed by atoms with Crippen LogP contribution in [0.4, 0.5) is 5.69 Å². The minimum absolute atomic E-state index is 0.153. The maximum atomic E-state index is 10.8. The van der Waals surface area contributed by atoms with E-state index in [-0.39, 0.29) is 5.75 Å². The number of carbonyl (C=O) groups is 1. The van der Waals surface area contributed by atoms with Crippen molar-refractivity contribution in [2.75, 3.05) is 5.06 Å². The molecule has 1 aromatic rings. The van der Waals surface area contributed by atoms with E-state index in [4.69, 9.17) is 9.94 Å². The summed E-state index contributed by atoms with van der Waals surface area (Å²) in [5.41, 5.74) is 0.136. The summed E-state index contributed by atoms with van der Waals surface area (Å²) in [6.07, 6.45) is 0.595. The Morgan fingerprint density at radius 2 is 1.80 bits per heavy atom. The minimum atomic E-state index is -0.446. The van der Waals surface area contributed by atoms with Gasteiger partial charge in [0.1, 0.15) is 5.75 Å². The number of hydrogen-bond acceptors (Lipinski definition) is 3. The molecule has 0 fully saturated rings. The zero-order valence-electron chi connectivity index (χ0n) is 9.10. The summed E-state index contributed by atoms with van der Waals surface area (Å²) < 4.78 is 0. The van der Waals surface area contributed by atoms with Gasteiger partial charge in [-0.1, -0.05) is 0 Å². The number of phenolic OH excluding ortho intramolecular Hbond substituents is 1. The molecule has 0 saturated heterocycles. The largest absolute Gasteiger partial charge is 0.508 e. The standard InChI is InChI=1S/C11H15NO3/c1-11(2,3)15-12(8-13)9-4-6-10(14)7-5-9/h4-8,14H,1-3H3. The lowest BCUT2D eigenvalue weighted by molar-refractivity contribution is -0.120. The molecule has 0 spiro atoms. The number of hydroxylamine groups is 1. The molecule has 0 heterocycles. The fourth-order valence-corrected chi connectivity index (χ4v) is 1.03. The van der Waals surface area contributed by atoms with Gasteiger partial charge in [0.15, 0.2) is 0 Å². The Kier molecular flexibility index (Phi) is 3.31. The van der Waals surface area contributed by atoms with Crippen molar-refractivity contribution in [1.82, 2.24) is 0 Å². The molecule has 0 radical (unpaired) electrons. The van der Waals surface area contributed by atoms with Crippen molar-refractivity contribution in [2.45, 2.75) is 26.4 Å². The van der Waals surface area contributed by atoms with Gasteiger partial charge in [0, 0.05) is 0 Å². The normalized spacial score (nSPS) is 11.1. The van der Waals surface area contributed by atoms with Gasteiger partial charge in [0.05, 0.1) is 11.3 Å². The maximum Gasteiger partial charge on any atom is 0.238 e. The lowest BCUT2D eigenvalue weighted by atomic mass is 10.2. The Balaban J connectivity index is 2.83. The van der Waals surface area contributed by atoms with E-state index in [9.17, 15) is 4.79 Å². The fraction of sp³-hybridized carbons (Fsp3) is 0.364. The van der Waals surface area contributed by atoms with Crippen LogP contribution in [0, 0.1) is 0 Å². The Bertz CT molecular complexity index is 327. The van der Waals surface area contributed by atoms with Crippen LogP contribution in [0.5, 0.6) is 5.75 Å². The highest BCUT2D eigenvalue weighted by molar-refractivity contribution is 5.72. The molecule has 1 aromatic carbocycles. The van der Waals surface area contributed by atoms with Gasteiger partial charge in [0.25, 0.3) is 0 Å². The Hall–Kier alpha value is -1.55. The Morgan fingerprint density at radius 3 is 2.20 bits per heavy atom. The summed E-state index contributed by atoms with van der Waals surface area (Å²) in [5, 5.41) is 10.2. The van der Waals surface area contributed by atoms with E-state index in [0.29, 0.717) is 12.1 Å². The first-order valence-electron chi connectivity index (χ1n) is 4.65. The van der Waals surface area contributed by atoms with E-state index in [1.54, 1.807) is 12.1 Å². The van der Waals surface area contributed by atoms with E-state index in [1.807, 2.05) is 20.8 Å². The molecule has 0 aromatic heterocycles. The molecule has 82 valence electrons. The number of aromatic hydroxyl groups is 1. The van der Waals surface area contributed by atoms with Crippen LogP contribution in [-0.4, -0.2) is 17.1 Å². The van der Waals surface area contributed by atoms with Crippen LogP contribution in [0.1, 0.15) is 20.8 Å². The van der Waals surface area contributed by atoms with Gasteiger partial charge in [0.2, 0.25) is 6.41 Å². The van der Waals surface area contributed by atoms with Crippen molar-refractivity contribution < 1.29 is 14.7 Å². The lowest BCUT2D eigenvalue weighted by Gasteiger charge is -2.26. The van der Waals surface area contributed by atoms with Crippen molar-refractivity contribution >= 4 is 12.1 Å². The monoisotopic (exact) mass is 209 g/mol. The highest BCUT2D eigenvalue weighted by atomic mass is 16.7. The molecule has 1 N–H and O–H groups in total. The van der Waals surface area contributed by atoms with Crippen LogP contribution in [-0.2, 0) is 9.63 Å². The maximum absolute atomic E-state index is 10.8. The number of benzene rings is 1. The number of phenols is 1. The molecule has 4 nitrogen and oxygen atoms in total. The first kappa shape index (κ1) is 11.5. The third kappa shape index (κ3) is 3.59. The van der Waals surface area contributed by atoms with Crippen molar-refractivity contribution in [3.8, 4) is 5.75 Å². The number of nitrogens with zero attached hydrogens (tertiary/aromatic N) is 1. The topological polar surface area (TPSA) is 49.8 Å². The Morgan fingerprint density at radius 1 is 1.27 bits per heavy atom. The van der Waals surface area contributed by atoms with E-state index in [1.165, 1.54) is 12.1 Å². The summed E-state index contributed by atoms with van der Waals surface area (Å²) in [7, 11) is 0. The number of rotatable bonds is 3. The number of anilines is 1. The van der Waals surface area contributed by atoms with E-state index < -0.39 is 5.60 Å². The van der Waals surface area contributed by atoms with Crippen molar-refractivity contribution in [3.05, 3.63) is 24.3 Å². The van der Waals surface area contributed by atoms with Gasteiger partial charge in [-0.05, 0) is 45.0 Å². The quantitative estimate of drug-likeness (QED) is 0.612. The van der Waals surface area contributed by atoms with E-state index in [0.717, 1.165) is 5.06 Å². The van der Waals surface area contributed by atoms with Gasteiger partial charge in [-0.25, -0.2) is 0 Å². The highest BCUT2D eigenvalue weighted by Gasteiger charge is 2.17. The fourth-order valence-electron chi connectivity index (χ4n) is 1.03. The van der Waals surface area contributed by atoms with Gasteiger partial charge in [-0.15, -0.1) is 0 Å². The molecule has 1 rings (SSSR count). The summed E-state index contributed by atoms with van der Waals surface area (Å²) >= 11 is 0. The molecule has 1 amide bonds. The first-order valence-corrected chi connectivity index (χ1v) is 4.65. The average Bonchev–Trinajstić information content (AvgIpc) is 2.14. The molecular weight excluding hydrogens is 194 g/mol. The van der Waals surface area contributed by atoms with Crippen molar-refractivity contribution in [2.24, 2.45) is 0 Å². The summed E-state index contributed by atoms with van der Waals surface area (Å²) in [6.45, 7) is 5.55.